The largest absolute Gasteiger partial charge is 0.335 e. The maximum absolute atomic E-state index is 12.4. The number of hydrogen-bond acceptors (Lipinski definition) is 3. The van der Waals surface area contributed by atoms with Crippen LogP contribution in [0.15, 0.2) is 43.0 Å². The summed E-state index contributed by atoms with van der Waals surface area (Å²) in [5, 5.41) is 0.411. The van der Waals surface area contributed by atoms with E-state index < -0.39 is 0 Å². The zero-order valence-corrected chi connectivity index (χ0v) is 11.5. The van der Waals surface area contributed by atoms with E-state index in [-0.39, 0.29) is 11.9 Å². The highest BCUT2D eigenvalue weighted by Crippen LogP contribution is 2.22. The molecule has 2 aromatic heterocycles. The van der Waals surface area contributed by atoms with E-state index in [0.29, 0.717) is 10.6 Å². The second-order valence-corrected chi connectivity index (χ2v) is 4.64. The van der Waals surface area contributed by atoms with Crippen LogP contribution in [-0.2, 0) is 0 Å². The van der Waals surface area contributed by atoms with Crippen LogP contribution in [-0.4, -0.2) is 27.8 Å². The van der Waals surface area contributed by atoms with Crippen LogP contribution in [0.3, 0.4) is 0 Å². The van der Waals surface area contributed by atoms with Crippen LogP contribution in [0.25, 0.3) is 0 Å². The molecule has 2 aromatic rings. The third kappa shape index (κ3) is 2.90. The highest BCUT2D eigenvalue weighted by atomic mass is 35.5. The van der Waals surface area contributed by atoms with Crippen molar-refractivity contribution in [2.24, 2.45) is 0 Å². The van der Waals surface area contributed by atoms with Crippen LogP contribution in [0.1, 0.15) is 28.9 Å². The summed E-state index contributed by atoms with van der Waals surface area (Å²) in [6.07, 6.45) is 6.47. The van der Waals surface area contributed by atoms with Crippen molar-refractivity contribution in [2.75, 3.05) is 7.05 Å². The van der Waals surface area contributed by atoms with Crippen molar-refractivity contribution < 1.29 is 4.79 Å². The molecule has 0 aromatic carbocycles. The number of rotatable bonds is 3. The Kier molecular flexibility index (Phi) is 4.12. The Balaban J connectivity index is 2.23. The molecule has 1 unspecified atom stereocenters. The van der Waals surface area contributed by atoms with Gasteiger partial charge in [-0.15, -0.1) is 0 Å². The predicted octanol–water partition coefficient (Wildman–Crippen LogP) is 2.96. The van der Waals surface area contributed by atoms with Gasteiger partial charge < -0.3 is 4.90 Å². The van der Waals surface area contributed by atoms with E-state index in [4.69, 9.17) is 11.6 Å². The van der Waals surface area contributed by atoms with Gasteiger partial charge in [0.25, 0.3) is 5.91 Å². The summed E-state index contributed by atoms with van der Waals surface area (Å²) in [6.45, 7) is 1.96. The predicted molar refractivity (Wildman–Crippen MR) is 74.0 cm³/mol. The third-order valence-corrected chi connectivity index (χ3v) is 3.42. The third-order valence-electron chi connectivity index (χ3n) is 3.09. The van der Waals surface area contributed by atoms with Crippen LogP contribution in [0, 0.1) is 0 Å². The first-order valence-electron chi connectivity index (χ1n) is 5.88. The first-order chi connectivity index (χ1) is 9.11. The van der Waals surface area contributed by atoms with Crippen molar-refractivity contribution in [3.63, 3.8) is 0 Å². The maximum Gasteiger partial charge on any atom is 0.257 e. The average Bonchev–Trinajstić information content (AvgIpc) is 2.46. The molecule has 0 aliphatic heterocycles. The molecule has 0 bridgehead atoms. The Morgan fingerprint density at radius 3 is 2.47 bits per heavy atom. The lowest BCUT2D eigenvalue weighted by molar-refractivity contribution is 0.0742. The standard InChI is InChI=1S/C14H14ClN3O/c1-10(11-3-6-16-7-4-11)18(2)14(19)12-9-17-8-5-13(12)15/h3-10H,1-2H3. The molecule has 98 valence electrons. The minimum atomic E-state index is -0.151. The fourth-order valence-electron chi connectivity index (χ4n) is 1.77. The lowest BCUT2D eigenvalue weighted by Crippen LogP contribution is -2.30. The van der Waals surface area contributed by atoms with Crippen molar-refractivity contribution in [2.45, 2.75) is 13.0 Å². The Hall–Kier alpha value is -1.94. The van der Waals surface area contributed by atoms with E-state index in [2.05, 4.69) is 9.97 Å². The number of nitrogens with zero attached hydrogens (tertiary/aromatic N) is 3. The molecule has 0 saturated heterocycles. The molecule has 1 amide bonds. The smallest absolute Gasteiger partial charge is 0.257 e. The monoisotopic (exact) mass is 275 g/mol. The van der Waals surface area contributed by atoms with Gasteiger partial charge in [-0.05, 0) is 30.7 Å². The van der Waals surface area contributed by atoms with Gasteiger partial charge in [0.1, 0.15) is 0 Å². The second-order valence-electron chi connectivity index (χ2n) is 4.23. The highest BCUT2D eigenvalue weighted by Gasteiger charge is 2.20. The van der Waals surface area contributed by atoms with Crippen LogP contribution in [0.4, 0.5) is 0 Å². The normalized spacial score (nSPS) is 11.9. The van der Waals surface area contributed by atoms with Gasteiger partial charge >= 0.3 is 0 Å². The van der Waals surface area contributed by atoms with E-state index in [9.17, 15) is 4.79 Å². The molecule has 19 heavy (non-hydrogen) atoms. The van der Waals surface area contributed by atoms with Gasteiger partial charge in [-0.3, -0.25) is 14.8 Å². The number of hydrogen-bond donors (Lipinski definition) is 0. The fraction of sp³-hybridized carbons (Fsp3) is 0.214. The summed E-state index contributed by atoms with van der Waals surface area (Å²) >= 11 is 6.02. The number of carbonyl (C=O) groups excluding carboxylic acids is 1. The van der Waals surface area contributed by atoms with Crippen molar-refractivity contribution in [1.82, 2.24) is 14.9 Å². The zero-order valence-electron chi connectivity index (χ0n) is 10.7. The second kappa shape index (κ2) is 5.80. The van der Waals surface area contributed by atoms with Gasteiger partial charge in [0.05, 0.1) is 16.6 Å². The van der Waals surface area contributed by atoms with E-state index in [1.807, 2.05) is 19.1 Å². The van der Waals surface area contributed by atoms with Crippen molar-refractivity contribution in [1.29, 1.82) is 0 Å². The lowest BCUT2D eigenvalue weighted by atomic mass is 10.1. The highest BCUT2D eigenvalue weighted by molar-refractivity contribution is 6.33. The topological polar surface area (TPSA) is 46.1 Å². The Morgan fingerprint density at radius 2 is 1.84 bits per heavy atom. The molecule has 1 atom stereocenters. The Labute approximate surface area is 117 Å². The fourth-order valence-corrected chi connectivity index (χ4v) is 1.95. The molecule has 0 aliphatic carbocycles. The molecular weight excluding hydrogens is 262 g/mol. The summed E-state index contributed by atoms with van der Waals surface area (Å²) < 4.78 is 0. The summed E-state index contributed by atoms with van der Waals surface area (Å²) in [4.78, 5) is 21.9. The summed E-state index contributed by atoms with van der Waals surface area (Å²) in [5.41, 5.74) is 1.43. The van der Waals surface area contributed by atoms with Crippen LogP contribution in [0.2, 0.25) is 5.02 Å². The molecule has 0 spiro atoms. The van der Waals surface area contributed by atoms with Gasteiger partial charge in [-0.2, -0.15) is 0 Å². The first kappa shape index (κ1) is 13.5. The molecular formula is C14H14ClN3O. The van der Waals surface area contributed by atoms with Gasteiger partial charge in [-0.1, -0.05) is 11.6 Å². The molecule has 5 heteroatoms. The molecule has 0 fully saturated rings. The van der Waals surface area contributed by atoms with Crippen LogP contribution < -0.4 is 0 Å². The molecule has 0 radical (unpaired) electrons. The number of carbonyl (C=O) groups is 1. The average molecular weight is 276 g/mol. The van der Waals surface area contributed by atoms with Crippen molar-refractivity contribution in [3.05, 3.63) is 59.1 Å². The van der Waals surface area contributed by atoms with Crippen molar-refractivity contribution >= 4 is 17.5 Å². The minimum Gasteiger partial charge on any atom is -0.335 e. The molecule has 4 nitrogen and oxygen atoms in total. The number of amides is 1. The van der Waals surface area contributed by atoms with Crippen molar-refractivity contribution in [3.8, 4) is 0 Å². The summed E-state index contributed by atoms with van der Waals surface area (Å²) in [7, 11) is 1.75. The number of aromatic nitrogens is 2. The summed E-state index contributed by atoms with van der Waals surface area (Å²) in [6, 6.07) is 5.32. The maximum atomic E-state index is 12.4. The molecule has 0 aliphatic rings. The minimum absolute atomic E-state index is 0.0632. The van der Waals surface area contributed by atoms with Gasteiger partial charge in [-0.25, -0.2) is 0 Å². The van der Waals surface area contributed by atoms with E-state index in [1.54, 1.807) is 36.6 Å². The summed E-state index contributed by atoms with van der Waals surface area (Å²) in [5.74, 6) is -0.151. The Morgan fingerprint density at radius 1 is 1.21 bits per heavy atom. The van der Waals surface area contributed by atoms with Crippen LogP contribution in [0.5, 0.6) is 0 Å². The first-order valence-corrected chi connectivity index (χ1v) is 6.25. The van der Waals surface area contributed by atoms with E-state index in [0.717, 1.165) is 5.56 Å². The van der Waals surface area contributed by atoms with Gasteiger partial charge in [0.15, 0.2) is 0 Å². The molecule has 2 rings (SSSR count). The molecule has 0 saturated carbocycles. The van der Waals surface area contributed by atoms with Crippen LogP contribution >= 0.6 is 11.6 Å². The van der Waals surface area contributed by atoms with E-state index in [1.165, 1.54) is 6.20 Å². The lowest BCUT2D eigenvalue weighted by Gasteiger charge is -2.25. The SMILES string of the molecule is CC(c1ccncc1)N(C)C(=O)c1cnccc1Cl. The van der Waals surface area contributed by atoms with Gasteiger partial charge in [0.2, 0.25) is 0 Å². The van der Waals surface area contributed by atoms with E-state index >= 15 is 0 Å². The number of pyridine rings is 2. The Bertz CT molecular complexity index is 574. The number of halogens is 1. The quantitative estimate of drug-likeness (QED) is 0.865. The van der Waals surface area contributed by atoms with Gasteiger partial charge in [0, 0.05) is 31.8 Å². The molecule has 0 N–H and O–H groups in total. The zero-order chi connectivity index (χ0) is 13.8. The molecule has 2 heterocycles.